The van der Waals surface area contributed by atoms with E-state index in [4.69, 9.17) is 9.47 Å². The largest absolute Gasteiger partial charge is 0.469 e. The normalized spacial score (nSPS) is 11.3. The summed E-state index contributed by atoms with van der Waals surface area (Å²) in [5.41, 5.74) is 4.08. The highest BCUT2D eigenvalue weighted by atomic mass is 16.5. The molecule has 228 valence electrons. The number of alkyl carbamates (subject to hydrolysis) is 1. The van der Waals surface area contributed by atoms with Crippen LogP contribution in [0.15, 0.2) is 84.9 Å². The lowest BCUT2D eigenvalue weighted by Gasteiger charge is -2.20. The van der Waals surface area contributed by atoms with E-state index >= 15 is 0 Å². The van der Waals surface area contributed by atoms with Crippen molar-refractivity contribution < 1.29 is 28.7 Å². The Hall–Kier alpha value is -5.25. The van der Waals surface area contributed by atoms with Crippen LogP contribution in [0, 0.1) is 6.92 Å². The lowest BCUT2D eigenvalue weighted by atomic mass is 10.1. The van der Waals surface area contributed by atoms with Gasteiger partial charge in [0, 0.05) is 24.0 Å². The molecule has 4 rings (SSSR count). The van der Waals surface area contributed by atoms with Gasteiger partial charge in [0.2, 0.25) is 5.91 Å². The number of aryl methyl sites for hydroxylation is 2. The van der Waals surface area contributed by atoms with Crippen LogP contribution in [0.4, 0.5) is 10.5 Å². The quantitative estimate of drug-likeness (QED) is 0.144. The predicted octanol–water partition coefficient (Wildman–Crippen LogP) is 5.09. The molecule has 1 heterocycles. The first-order valence-corrected chi connectivity index (χ1v) is 14.4. The van der Waals surface area contributed by atoms with Crippen molar-refractivity contribution in [2.45, 2.75) is 45.3 Å². The fourth-order valence-corrected chi connectivity index (χ4v) is 4.61. The zero-order chi connectivity index (χ0) is 31.3. The van der Waals surface area contributed by atoms with Gasteiger partial charge in [-0.1, -0.05) is 72.3 Å². The van der Waals surface area contributed by atoms with Gasteiger partial charge in [-0.25, -0.2) is 9.78 Å². The molecule has 0 spiro atoms. The first-order chi connectivity index (χ1) is 21.3. The molecule has 0 saturated carbocycles. The number of fused-ring (bicyclic) bond motifs is 1. The molecular formula is C34H36N4O6. The summed E-state index contributed by atoms with van der Waals surface area (Å²) in [4.78, 5) is 55.1. The molecule has 1 atom stereocenters. The second kappa shape index (κ2) is 15.8. The van der Waals surface area contributed by atoms with Crippen molar-refractivity contribution in [1.82, 2.24) is 15.6 Å². The number of rotatable bonds is 13. The lowest BCUT2D eigenvalue weighted by Crippen LogP contribution is -2.44. The van der Waals surface area contributed by atoms with Gasteiger partial charge in [0.15, 0.2) is 0 Å². The molecule has 3 N–H and O–H groups in total. The monoisotopic (exact) mass is 596 g/mol. The third kappa shape index (κ3) is 9.38. The number of methoxy groups -OCH3 is 1. The van der Waals surface area contributed by atoms with E-state index in [-0.39, 0.29) is 37.7 Å². The average molecular weight is 597 g/mol. The minimum absolute atomic E-state index is 0.142. The van der Waals surface area contributed by atoms with Crippen LogP contribution in [0.25, 0.3) is 10.9 Å². The van der Waals surface area contributed by atoms with E-state index in [1.165, 1.54) is 7.11 Å². The minimum atomic E-state index is -0.936. The van der Waals surface area contributed by atoms with Gasteiger partial charge in [-0.05, 0) is 55.5 Å². The fourth-order valence-electron chi connectivity index (χ4n) is 4.61. The van der Waals surface area contributed by atoms with Crippen molar-refractivity contribution in [3.8, 4) is 0 Å². The molecule has 3 aromatic carbocycles. The van der Waals surface area contributed by atoms with Gasteiger partial charge in [-0.2, -0.15) is 0 Å². The Kier molecular flexibility index (Phi) is 11.4. The number of pyridine rings is 1. The molecule has 44 heavy (non-hydrogen) atoms. The molecule has 0 unspecified atom stereocenters. The summed E-state index contributed by atoms with van der Waals surface area (Å²) in [6, 6.07) is 24.7. The number of anilines is 1. The van der Waals surface area contributed by atoms with Gasteiger partial charge in [-0.15, -0.1) is 0 Å². The van der Waals surface area contributed by atoms with Crippen molar-refractivity contribution in [2.75, 3.05) is 19.0 Å². The first-order valence-electron chi connectivity index (χ1n) is 14.4. The van der Waals surface area contributed by atoms with Gasteiger partial charge >= 0.3 is 12.1 Å². The minimum Gasteiger partial charge on any atom is -0.469 e. The Bertz CT molecular complexity index is 1620. The number of para-hydroxylation sites is 2. The lowest BCUT2D eigenvalue weighted by molar-refractivity contribution is -0.140. The Morgan fingerprint density at radius 2 is 1.70 bits per heavy atom. The average Bonchev–Trinajstić information content (AvgIpc) is 3.04. The van der Waals surface area contributed by atoms with Crippen LogP contribution in [-0.4, -0.2) is 48.6 Å². The van der Waals surface area contributed by atoms with Crippen LogP contribution >= 0.6 is 0 Å². The molecule has 4 aromatic rings. The number of amides is 3. The molecule has 0 aliphatic heterocycles. The molecule has 0 bridgehead atoms. The Morgan fingerprint density at radius 1 is 0.909 bits per heavy atom. The van der Waals surface area contributed by atoms with E-state index in [1.807, 2.05) is 67.6 Å². The van der Waals surface area contributed by atoms with Gasteiger partial charge in [0.05, 0.1) is 12.6 Å². The van der Waals surface area contributed by atoms with E-state index < -0.39 is 23.9 Å². The summed E-state index contributed by atoms with van der Waals surface area (Å²) in [5, 5.41) is 9.29. The highest BCUT2D eigenvalue weighted by Crippen LogP contribution is 2.18. The Balaban J connectivity index is 1.40. The van der Waals surface area contributed by atoms with E-state index in [0.29, 0.717) is 24.0 Å². The van der Waals surface area contributed by atoms with Gasteiger partial charge in [-0.3, -0.25) is 14.4 Å². The van der Waals surface area contributed by atoms with Gasteiger partial charge < -0.3 is 25.4 Å². The Morgan fingerprint density at radius 3 is 2.52 bits per heavy atom. The second-order valence-electron chi connectivity index (χ2n) is 10.3. The topological polar surface area (TPSA) is 136 Å². The standard InChI is InChI=1S/C34H36N4O6/c1-23-9-7-10-24(21-23)22-44-34(42)35-20-8-15-29(38-33(41)30-18-16-25-11-3-5-13-27(25)36-30)32(40)37-28-14-6-4-12-26(28)17-19-31(39)43-2/h3-7,9-14,16,18,21,29H,8,15,17,19-20,22H2,1-2H3,(H,35,42)(H,37,40)(H,38,41)/t29-/m0/s1. The number of nitrogens with zero attached hydrogens (tertiary/aromatic N) is 1. The third-order valence-electron chi connectivity index (χ3n) is 6.95. The predicted molar refractivity (Wildman–Crippen MR) is 167 cm³/mol. The van der Waals surface area contributed by atoms with E-state index in [9.17, 15) is 19.2 Å². The molecule has 1 aromatic heterocycles. The molecule has 0 aliphatic rings. The maximum atomic E-state index is 13.5. The highest BCUT2D eigenvalue weighted by molar-refractivity contribution is 6.01. The number of carbonyl (C=O) groups is 4. The maximum Gasteiger partial charge on any atom is 0.407 e. The molecule has 0 radical (unpaired) electrons. The number of ether oxygens (including phenoxy) is 2. The summed E-state index contributed by atoms with van der Waals surface area (Å²) in [5.74, 6) is -1.30. The number of hydrogen-bond donors (Lipinski definition) is 3. The van der Waals surface area contributed by atoms with Crippen LogP contribution < -0.4 is 16.0 Å². The van der Waals surface area contributed by atoms with Crippen molar-refractivity contribution in [2.24, 2.45) is 0 Å². The van der Waals surface area contributed by atoms with Crippen LogP contribution in [0.2, 0.25) is 0 Å². The molecule has 10 heteroatoms. The second-order valence-corrected chi connectivity index (χ2v) is 10.3. The first kappa shape index (κ1) is 31.7. The third-order valence-corrected chi connectivity index (χ3v) is 6.95. The summed E-state index contributed by atoms with van der Waals surface area (Å²) < 4.78 is 10.0. The van der Waals surface area contributed by atoms with Crippen molar-refractivity contribution >= 4 is 40.5 Å². The fraction of sp³-hybridized carbons (Fsp3) is 0.265. The molecule has 0 saturated heterocycles. The van der Waals surface area contributed by atoms with Crippen LogP contribution in [0.3, 0.4) is 0 Å². The zero-order valence-corrected chi connectivity index (χ0v) is 24.8. The number of carbonyl (C=O) groups excluding carboxylic acids is 4. The SMILES string of the molecule is COC(=O)CCc1ccccc1NC(=O)[C@H](CCCNC(=O)OCc1cccc(C)c1)NC(=O)c1ccc2ccccc2n1. The van der Waals surface area contributed by atoms with E-state index in [1.54, 1.807) is 24.3 Å². The Labute approximate surface area is 256 Å². The zero-order valence-electron chi connectivity index (χ0n) is 24.8. The van der Waals surface area contributed by atoms with Crippen LogP contribution in [0.1, 0.15) is 46.4 Å². The summed E-state index contributed by atoms with van der Waals surface area (Å²) >= 11 is 0. The number of esters is 1. The van der Waals surface area contributed by atoms with Gasteiger partial charge in [0.25, 0.3) is 5.91 Å². The van der Waals surface area contributed by atoms with Crippen molar-refractivity contribution in [3.05, 3.63) is 107 Å². The maximum absolute atomic E-state index is 13.5. The number of nitrogens with one attached hydrogen (secondary N) is 3. The summed E-state index contributed by atoms with van der Waals surface area (Å²) in [6.07, 6.45) is 0.565. The molecular weight excluding hydrogens is 560 g/mol. The molecule has 0 aliphatic carbocycles. The molecule has 3 amide bonds. The summed E-state index contributed by atoms with van der Waals surface area (Å²) in [6.45, 7) is 2.34. The highest BCUT2D eigenvalue weighted by Gasteiger charge is 2.23. The van der Waals surface area contributed by atoms with Crippen LogP contribution in [0.5, 0.6) is 0 Å². The van der Waals surface area contributed by atoms with E-state index in [2.05, 4.69) is 20.9 Å². The number of aromatic nitrogens is 1. The molecule has 0 fully saturated rings. The number of hydrogen-bond acceptors (Lipinski definition) is 7. The summed E-state index contributed by atoms with van der Waals surface area (Å²) in [7, 11) is 1.33. The molecule has 10 nitrogen and oxygen atoms in total. The van der Waals surface area contributed by atoms with Crippen LogP contribution in [-0.2, 0) is 32.1 Å². The smallest absolute Gasteiger partial charge is 0.407 e. The van der Waals surface area contributed by atoms with E-state index in [0.717, 1.165) is 22.1 Å². The van der Waals surface area contributed by atoms with Crippen molar-refractivity contribution in [1.29, 1.82) is 0 Å². The van der Waals surface area contributed by atoms with Gasteiger partial charge in [0.1, 0.15) is 18.3 Å². The van der Waals surface area contributed by atoms with Crippen molar-refractivity contribution in [3.63, 3.8) is 0 Å². The number of benzene rings is 3.